The molecule has 170 valence electrons. The van der Waals surface area contributed by atoms with Crippen LogP contribution in [0.4, 0.5) is 4.79 Å². The fourth-order valence-corrected chi connectivity index (χ4v) is 4.59. The maximum absolute atomic E-state index is 12.5. The van der Waals surface area contributed by atoms with E-state index in [0.717, 1.165) is 75.2 Å². The number of hydrogen-bond donors (Lipinski definition) is 1. The van der Waals surface area contributed by atoms with Gasteiger partial charge in [-0.3, -0.25) is 4.79 Å². The first-order valence-corrected chi connectivity index (χ1v) is 11.7. The van der Waals surface area contributed by atoms with E-state index >= 15 is 0 Å². The Morgan fingerprint density at radius 1 is 0.875 bits per heavy atom. The predicted molar refractivity (Wildman–Crippen MR) is 125 cm³/mol. The van der Waals surface area contributed by atoms with Crippen molar-refractivity contribution in [3.63, 3.8) is 0 Å². The van der Waals surface area contributed by atoms with Crippen molar-refractivity contribution >= 4 is 11.9 Å². The van der Waals surface area contributed by atoms with Crippen LogP contribution in [0.2, 0.25) is 0 Å². The average molecular weight is 436 g/mol. The molecule has 3 amide bonds. The van der Waals surface area contributed by atoms with E-state index in [1.54, 1.807) is 7.11 Å². The molecule has 0 aliphatic carbocycles. The first-order valence-electron chi connectivity index (χ1n) is 11.7. The van der Waals surface area contributed by atoms with Gasteiger partial charge in [0.15, 0.2) is 0 Å². The quantitative estimate of drug-likeness (QED) is 0.743. The molecule has 0 unspecified atom stereocenters. The molecule has 2 saturated heterocycles. The average Bonchev–Trinajstić information content (AvgIpc) is 3.38. The first-order chi connectivity index (χ1) is 15.6. The molecule has 2 aliphatic heterocycles. The van der Waals surface area contributed by atoms with Crippen molar-refractivity contribution in [1.29, 1.82) is 0 Å². The number of hydrogen-bond acceptors (Lipinski definition) is 3. The fraction of sp³-hybridized carbons (Fsp3) is 0.462. The minimum atomic E-state index is 0.00375. The van der Waals surface area contributed by atoms with Crippen molar-refractivity contribution in [3.05, 3.63) is 65.2 Å². The van der Waals surface area contributed by atoms with Crippen LogP contribution in [0.25, 0.3) is 0 Å². The Kier molecular flexibility index (Phi) is 7.30. The summed E-state index contributed by atoms with van der Waals surface area (Å²) in [6, 6.07) is 15.9. The van der Waals surface area contributed by atoms with E-state index in [0.29, 0.717) is 12.5 Å². The van der Waals surface area contributed by atoms with Gasteiger partial charge in [-0.15, -0.1) is 0 Å². The highest BCUT2D eigenvalue weighted by Gasteiger charge is 2.23. The van der Waals surface area contributed by atoms with E-state index < -0.39 is 0 Å². The summed E-state index contributed by atoms with van der Waals surface area (Å²) < 4.78 is 5.17. The lowest BCUT2D eigenvalue weighted by Crippen LogP contribution is -2.44. The summed E-state index contributed by atoms with van der Waals surface area (Å²) in [6.45, 7) is 3.85. The van der Waals surface area contributed by atoms with Crippen LogP contribution in [0.3, 0.4) is 0 Å². The number of piperidine rings is 1. The fourth-order valence-electron chi connectivity index (χ4n) is 4.59. The second kappa shape index (κ2) is 10.5. The maximum Gasteiger partial charge on any atom is 0.317 e. The van der Waals surface area contributed by atoms with E-state index in [1.807, 2.05) is 46.2 Å². The predicted octanol–water partition coefficient (Wildman–Crippen LogP) is 4.10. The summed E-state index contributed by atoms with van der Waals surface area (Å²) in [5, 5.41) is 3.02. The lowest BCUT2D eigenvalue weighted by atomic mass is 9.90. The van der Waals surface area contributed by atoms with E-state index in [9.17, 15) is 9.59 Å². The monoisotopic (exact) mass is 435 g/mol. The highest BCUT2D eigenvalue weighted by Crippen LogP contribution is 2.23. The van der Waals surface area contributed by atoms with Crippen molar-refractivity contribution in [2.45, 2.75) is 38.6 Å². The molecule has 0 bridgehead atoms. The van der Waals surface area contributed by atoms with Gasteiger partial charge in [-0.2, -0.15) is 0 Å². The summed E-state index contributed by atoms with van der Waals surface area (Å²) in [7, 11) is 1.64. The second-order valence-corrected chi connectivity index (χ2v) is 8.84. The number of nitrogens with one attached hydrogen (secondary N) is 1. The van der Waals surface area contributed by atoms with Gasteiger partial charge in [0.05, 0.1) is 7.11 Å². The van der Waals surface area contributed by atoms with Crippen molar-refractivity contribution < 1.29 is 14.3 Å². The van der Waals surface area contributed by atoms with Crippen molar-refractivity contribution in [2.24, 2.45) is 5.92 Å². The van der Waals surface area contributed by atoms with Crippen molar-refractivity contribution in [1.82, 2.24) is 15.1 Å². The first kappa shape index (κ1) is 22.2. The molecule has 1 N–H and O–H groups in total. The van der Waals surface area contributed by atoms with Gasteiger partial charge in [0, 0.05) is 38.3 Å². The lowest BCUT2D eigenvalue weighted by Gasteiger charge is -2.32. The molecule has 2 fully saturated rings. The molecular weight excluding hydrogens is 402 g/mol. The van der Waals surface area contributed by atoms with Gasteiger partial charge in [-0.25, -0.2) is 4.79 Å². The van der Waals surface area contributed by atoms with Gasteiger partial charge < -0.3 is 19.9 Å². The molecule has 0 atom stereocenters. The van der Waals surface area contributed by atoms with Crippen LogP contribution in [-0.4, -0.2) is 55.0 Å². The zero-order valence-corrected chi connectivity index (χ0v) is 18.9. The van der Waals surface area contributed by atoms with Crippen LogP contribution in [-0.2, 0) is 13.0 Å². The molecule has 6 heteroatoms. The van der Waals surface area contributed by atoms with Gasteiger partial charge in [-0.1, -0.05) is 24.3 Å². The third kappa shape index (κ3) is 5.61. The number of rotatable bonds is 6. The minimum absolute atomic E-state index is 0.00375. The molecule has 2 aromatic carbocycles. The number of carbonyl (C=O) groups is 2. The summed E-state index contributed by atoms with van der Waals surface area (Å²) in [5.74, 6) is 1.54. The number of likely N-dealkylation sites (tertiary alicyclic amines) is 2. The Balaban J connectivity index is 1.20. The molecule has 0 spiro atoms. The van der Waals surface area contributed by atoms with E-state index in [2.05, 4.69) is 17.4 Å². The third-order valence-corrected chi connectivity index (χ3v) is 6.62. The molecule has 0 aromatic heterocycles. The van der Waals surface area contributed by atoms with E-state index in [4.69, 9.17) is 4.74 Å². The molecule has 32 heavy (non-hydrogen) atoms. The zero-order chi connectivity index (χ0) is 22.3. The molecular formula is C26H33N3O3. The molecule has 6 nitrogen and oxygen atoms in total. The van der Waals surface area contributed by atoms with Gasteiger partial charge in [0.2, 0.25) is 0 Å². The normalized spacial score (nSPS) is 16.8. The van der Waals surface area contributed by atoms with Crippen molar-refractivity contribution in [2.75, 3.05) is 33.3 Å². The maximum atomic E-state index is 12.5. The summed E-state index contributed by atoms with van der Waals surface area (Å²) >= 11 is 0. The van der Waals surface area contributed by atoms with Gasteiger partial charge in [0.1, 0.15) is 5.75 Å². The van der Waals surface area contributed by atoms with Crippen LogP contribution in [0.1, 0.15) is 47.2 Å². The van der Waals surface area contributed by atoms with Gasteiger partial charge >= 0.3 is 6.03 Å². The summed E-state index contributed by atoms with van der Waals surface area (Å²) in [6.07, 6.45) is 5.23. The lowest BCUT2D eigenvalue weighted by molar-refractivity contribution is 0.0793. The smallest absolute Gasteiger partial charge is 0.317 e. The SMILES string of the molecule is COc1ccc(CNC(=O)N2CCC(Cc3ccc(C(=O)N4CCCC4)cc3)CC2)cc1. The Hall–Kier alpha value is -3.02. The molecule has 2 heterocycles. The highest BCUT2D eigenvalue weighted by molar-refractivity contribution is 5.94. The van der Waals surface area contributed by atoms with E-state index in [1.165, 1.54) is 5.56 Å². The van der Waals surface area contributed by atoms with Gasteiger partial charge in [-0.05, 0) is 73.4 Å². The molecule has 0 saturated carbocycles. The number of ether oxygens (including phenoxy) is 1. The van der Waals surface area contributed by atoms with Crippen molar-refractivity contribution in [3.8, 4) is 5.75 Å². The van der Waals surface area contributed by atoms with Crippen LogP contribution >= 0.6 is 0 Å². The Labute approximate surface area is 190 Å². The van der Waals surface area contributed by atoms with E-state index in [-0.39, 0.29) is 11.9 Å². The third-order valence-electron chi connectivity index (χ3n) is 6.62. The minimum Gasteiger partial charge on any atom is -0.497 e. The molecule has 2 aliphatic rings. The largest absolute Gasteiger partial charge is 0.497 e. The van der Waals surface area contributed by atoms with Crippen LogP contribution in [0.5, 0.6) is 5.75 Å². The molecule has 0 radical (unpaired) electrons. The van der Waals surface area contributed by atoms with Crippen LogP contribution in [0.15, 0.2) is 48.5 Å². The Bertz CT molecular complexity index is 897. The molecule has 2 aromatic rings. The standard InChI is InChI=1S/C26H33N3O3/c1-32-24-10-6-22(7-11-24)19-27-26(31)29-16-12-21(13-17-29)18-20-4-8-23(9-5-20)25(30)28-14-2-3-15-28/h4-11,21H,2-3,12-19H2,1H3,(H,27,31). The summed E-state index contributed by atoms with van der Waals surface area (Å²) in [4.78, 5) is 28.9. The van der Waals surface area contributed by atoms with Gasteiger partial charge in [0.25, 0.3) is 5.91 Å². The number of amides is 3. The Morgan fingerprint density at radius 3 is 2.12 bits per heavy atom. The molecule has 4 rings (SSSR count). The highest BCUT2D eigenvalue weighted by atomic mass is 16.5. The number of benzene rings is 2. The van der Waals surface area contributed by atoms with Crippen LogP contribution < -0.4 is 10.1 Å². The van der Waals surface area contributed by atoms with Crippen LogP contribution in [0, 0.1) is 5.92 Å². The number of carbonyl (C=O) groups excluding carboxylic acids is 2. The zero-order valence-electron chi connectivity index (χ0n) is 18.9. The topological polar surface area (TPSA) is 61.9 Å². The number of urea groups is 1. The Morgan fingerprint density at radius 2 is 1.50 bits per heavy atom. The second-order valence-electron chi connectivity index (χ2n) is 8.84. The summed E-state index contributed by atoms with van der Waals surface area (Å²) in [5.41, 5.74) is 3.12. The number of nitrogens with zero attached hydrogens (tertiary/aromatic N) is 2. The number of methoxy groups -OCH3 is 1.